The molecule has 0 saturated carbocycles. The average molecular weight is 886 g/mol. The number of benzene rings is 1. The van der Waals surface area contributed by atoms with Gasteiger partial charge in [0.2, 0.25) is 47.3 Å². The van der Waals surface area contributed by atoms with Crippen LogP contribution in [-0.4, -0.2) is 158 Å². The molecule has 4 atom stereocenters. The van der Waals surface area contributed by atoms with Gasteiger partial charge in [-0.2, -0.15) is 0 Å². The van der Waals surface area contributed by atoms with Crippen molar-refractivity contribution in [2.75, 3.05) is 60.9 Å². The normalized spacial score (nSPS) is 21.3. The predicted molar refractivity (Wildman–Crippen MR) is 235 cm³/mol. The van der Waals surface area contributed by atoms with Gasteiger partial charge in [0.15, 0.2) is 0 Å². The number of ether oxygens (including phenoxy) is 1. The lowest BCUT2D eigenvalue weighted by molar-refractivity contribution is -0.143. The van der Waals surface area contributed by atoms with Gasteiger partial charge in [-0.1, -0.05) is 71.9 Å². The van der Waals surface area contributed by atoms with Crippen LogP contribution in [0.3, 0.4) is 0 Å². The number of hydrogen-bond donors (Lipinski definition) is 5. The molecule has 1 aliphatic rings. The van der Waals surface area contributed by atoms with Gasteiger partial charge >= 0.3 is 6.09 Å². The highest BCUT2D eigenvalue weighted by atomic mass is 16.5. The summed E-state index contributed by atoms with van der Waals surface area (Å²) in [6.07, 6.45) is 0.909. The highest BCUT2D eigenvalue weighted by Crippen LogP contribution is 2.13. The Morgan fingerprint density at radius 3 is 1.24 bits per heavy atom. The lowest BCUT2D eigenvalue weighted by atomic mass is 10.0. The summed E-state index contributed by atoms with van der Waals surface area (Å²) < 4.78 is 5.25. The Morgan fingerprint density at radius 1 is 0.556 bits per heavy atom. The Morgan fingerprint density at radius 2 is 0.889 bits per heavy atom. The molecule has 5 N–H and O–H groups in total. The lowest BCUT2D eigenvalue weighted by Crippen LogP contribution is -2.56. The van der Waals surface area contributed by atoms with Crippen LogP contribution in [0.25, 0.3) is 0 Å². The number of rotatable bonds is 13. The molecule has 63 heavy (non-hydrogen) atoms. The predicted octanol–water partition coefficient (Wildman–Crippen LogP) is 1.01. The summed E-state index contributed by atoms with van der Waals surface area (Å²) >= 11 is 0. The minimum absolute atomic E-state index is 0.0373. The fourth-order valence-electron chi connectivity index (χ4n) is 6.97. The fourth-order valence-corrected chi connectivity index (χ4v) is 6.97. The van der Waals surface area contributed by atoms with Crippen LogP contribution in [0, 0.1) is 17.8 Å². The zero-order valence-electron chi connectivity index (χ0n) is 38.8. The van der Waals surface area contributed by atoms with Crippen molar-refractivity contribution < 1.29 is 47.9 Å². The second-order valence-corrected chi connectivity index (χ2v) is 17.6. The van der Waals surface area contributed by atoms with E-state index in [1.54, 1.807) is 0 Å². The monoisotopic (exact) mass is 886 g/mol. The number of nitrogens with zero attached hydrogens (tertiary/aromatic N) is 4. The number of carbonyl (C=O) groups excluding carboxylic acids is 9. The molecule has 19 nitrogen and oxygen atoms in total. The van der Waals surface area contributed by atoms with Crippen LogP contribution in [-0.2, 0) is 49.7 Å². The molecule has 0 unspecified atom stereocenters. The van der Waals surface area contributed by atoms with Gasteiger partial charge in [-0.15, -0.1) is 0 Å². The minimum atomic E-state index is -1.15. The first kappa shape index (κ1) is 53.4. The molecule has 0 aromatic heterocycles. The molecular weight excluding hydrogens is 815 g/mol. The molecule has 1 aromatic carbocycles. The van der Waals surface area contributed by atoms with E-state index < -0.39 is 104 Å². The minimum Gasteiger partial charge on any atom is -0.445 e. The standard InChI is InChI=1S/C44H71N9O10/c1-28(2)20-33-41(59)51(8)23-36(54)46-32(18-14-15-19-45-44(62)63-27-31-16-12-11-13-17-31)40(58)50(7)24-37(55)47-34(21-29(3)4)42(60)52(9)26-39(57)49-35(22-30(5)6)43(61)53(10)25-38(56)48-33/h11-13,16-17,28-30,32-35H,14-15,18-27H2,1-10H3,(H,45,62)(H,46,54)(H,47,55)(H,48,56)(H,49,57)/t32-,33-,34-,35-/m0/s1. The maximum atomic E-state index is 13.9. The Bertz CT molecular complexity index is 1720. The highest BCUT2D eigenvalue weighted by molar-refractivity contribution is 5.96. The van der Waals surface area contributed by atoms with E-state index in [0.29, 0.717) is 12.8 Å². The lowest BCUT2D eigenvalue weighted by Gasteiger charge is -2.30. The third-order valence-corrected chi connectivity index (χ3v) is 10.1. The van der Waals surface area contributed by atoms with Crippen molar-refractivity contribution in [3.05, 3.63) is 35.9 Å². The topological polar surface area (TPSA) is 236 Å². The van der Waals surface area contributed by atoms with Crippen LogP contribution in [0.1, 0.15) is 85.6 Å². The van der Waals surface area contributed by atoms with Gasteiger partial charge in [0.1, 0.15) is 30.8 Å². The second-order valence-electron chi connectivity index (χ2n) is 17.6. The van der Waals surface area contributed by atoms with Gasteiger partial charge in [-0.3, -0.25) is 38.4 Å². The van der Waals surface area contributed by atoms with Gasteiger partial charge in [0.25, 0.3) is 0 Å². The highest BCUT2D eigenvalue weighted by Gasteiger charge is 2.33. The number of likely N-dealkylation sites (N-methyl/N-ethyl adjacent to an activating group) is 4. The third kappa shape index (κ3) is 19.9. The number of hydrogen-bond acceptors (Lipinski definition) is 10. The molecule has 0 spiro atoms. The van der Waals surface area contributed by atoms with Crippen LogP contribution in [0.2, 0.25) is 0 Å². The summed E-state index contributed by atoms with van der Waals surface area (Å²) in [5, 5.41) is 13.5. The first-order valence-corrected chi connectivity index (χ1v) is 21.7. The molecule has 1 aliphatic heterocycles. The molecular formula is C44H71N9O10. The van der Waals surface area contributed by atoms with E-state index in [-0.39, 0.29) is 56.6 Å². The van der Waals surface area contributed by atoms with E-state index in [4.69, 9.17) is 4.74 Å². The van der Waals surface area contributed by atoms with E-state index in [0.717, 1.165) is 25.2 Å². The van der Waals surface area contributed by atoms with E-state index in [1.807, 2.05) is 71.9 Å². The molecule has 19 heteroatoms. The van der Waals surface area contributed by atoms with E-state index >= 15 is 0 Å². The van der Waals surface area contributed by atoms with Gasteiger partial charge in [0, 0.05) is 34.7 Å². The Kier molecular flexibility index (Phi) is 22.6. The summed E-state index contributed by atoms with van der Waals surface area (Å²) in [5.74, 6) is -5.05. The van der Waals surface area contributed by atoms with Crippen molar-refractivity contribution in [2.24, 2.45) is 17.8 Å². The Labute approximate surface area is 372 Å². The fraction of sp³-hybridized carbons (Fsp3) is 0.659. The molecule has 1 aromatic rings. The van der Waals surface area contributed by atoms with Crippen LogP contribution >= 0.6 is 0 Å². The maximum absolute atomic E-state index is 13.9. The van der Waals surface area contributed by atoms with E-state index in [1.165, 1.54) is 28.2 Å². The van der Waals surface area contributed by atoms with Gasteiger partial charge < -0.3 is 50.9 Å². The summed E-state index contributed by atoms with van der Waals surface area (Å²) in [7, 11) is 5.58. The van der Waals surface area contributed by atoms with Crippen molar-refractivity contribution in [1.29, 1.82) is 0 Å². The van der Waals surface area contributed by atoms with E-state index in [9.17, 15) is 43.2 Å². The number of nitrogens with one attached hydrogen (secondary N) is 5. The molecule has 1 heterocycles. The first-order chi connectivity index (χ1) is 29.6. The van der Waals surface area contributed by atoms with Crippen molar-refractivity contribution in [1.82, 2.24) is 46.2 Å². The largest absolute Gasteiger partial charge is 0.445 e. The Hall–Kier alpha value is -5.75. The van der Waals surface area contributed by atoms with Crippen molar-refractivity contribution in [2.45, 2.75) is 111 Å². The van der Waals surface area contributed by atoms with Gasteiger partial charge in [-0.25, -0.2) is 4.79 Å². The van der Waals surface area contributed by atoms with Gasteiger partial charge in [0.05, 0.1) is 26.2 Å². The molecule has 0 bridgehead atoms. The van der Waals surface area contributed by atoms with Gasteiger partial charge in [-0.05, 0) is 61.8 Å². The van der Waals surface area contributed by atoms with E-state index in [2.05, 4.69) is 26.6 Å². The quantitative estimate of drug-likeness (QED) is 0.176. The molecule has 0 radical (unpaired) electrons. The first-order valence-electron chi connectivity index (χ1n) is 21.7. The smallest absolute Gasteiger partial charge is 0.407 e. The summed E-state index contributed by atoms with van der Waals surface area (Å²) in [6, 6.07) is 4.88. The van der Waals surface area contributed by atoms with Crippen LogP contribution in [0.4, 0.5) is 4.79 Å². The summed E-state index contributed by atoms with van der Waals surface area (Å²) in [4.78, 5) is 125. The molecule has 1 fully saturated rings. The summed E-state index contributed by atoms with van der Waals surface area (Å²) in [6.45, 7) is 9.64. The maximum Gasteiger partial charge on any atom is 0.407 e. The Balaban J connectivity index is 2.38. The van der Waals surface area contributed by atoms with Crippen molar-refractivity contribution in [3.8, 4) is 0 Å². The molecule has 9 amide bonds. The zero-order chi connectivity index (χ0) is 47.4. The zero-order valence-corrected chi connectivity index (χ0v) is 38.8. The molecule has 352 valence electrons. The van der Waals surface area contributed by atoms with Crippen LogP contribution in [0.5, 0.6) is 0 Å². The SMILES string of the molecule is CC(C)C[C@@H]1NC(=O)CN(C)C(=O)[C@H](CCCCNC(=O)OCc2ccccc2)NC(=O)CN(C)C(=O)[C@H](CC(C)C)NC(=O)CN(C)C(=O)[C@H](CC(C)C)NC(=O)CN(C)C1=O. The van der Waals surface area contributed by atoms with Crippen LogP contribution < -0.4 is 26.6 Å². The third-order valence-electron chi connectivity index (χ3n) is 10.1. The van der Waals surface area contributed by atoms with Crippen molar-refractivity contribution >= 4 is 53.4 Å². The van der Waals surface area contributed by atoms with Crippen LogP contribution in [0.15, 0.2) is 30.3 Å². The molecule has 1 saturated heterocycles. The number of carbonyl (C=O) groups is 9. The van der Waals surface area contributed by atoms with Crippen molar-refractivity contribution in [3.63, 3.8) is 0 Å². The second kappa shape index (κ2) is 26.7. The molecule has 0 aliphatic carbocycles. The number of alkyl carbamates (subject to hydrolysis) is 1. The number of amides is 9. The molecule has 2 rings (SSSR count). The number of unbranched alkanes of at least 4 members (excludes halogenated alkanes) is 1. The average Bonchev–Trinajstić information content (AvgIpc) is 3.19. The summed E-state index contributed by atoms with van der Waals surface area (Å²) in [5.41, 5.74) is 0.824.